The summed E-state index contributed by atoms with van der Waals surface area (Å²) >= 11 is 0. The number of aliphatic hydroxyl groups excluding tert-OH is 1. The van der Waals surface area contributed by atoms with Crippen LogP contribution in [0.1, 0.15) is 6.42 Å². The average Bonchev–Trinajstić information content (AvgIpc) is 2.67. The van der Waals surface area contributed by atoms with Gasteiger partial charge < -0.3 is 15.6 Å². The molecule has 0 fully saturated rings. The Hall–Kier alpha value is -1.73. The fraction of sp³-hybridized carbons (Fsp3) is 0.444. The molecule has 3 N–H and O–H groups in total. The summed E-state index contributed by atoms with van der Waals surface area (Å²) in [6, 6.07) is 0. The van der Waals surface area contributed by atoms with E-state index in [1.54, 1.807) is 17.1 Å². The Bertz CT molecular complexity index is 470. The van der Waals surface area contributed by atoms with Gasteiger partial charge in [-0.15, -0.1) is 0 Å². The highest BCUT2D eigenvalue weighted by Crippen LogP contribution is 2.09. The first-order valence-corrected chi connectivity index (χ1v) is 4.93. The molecular weight excluding hydrogens is 210 g/mol. The predicted octanol–water partition coefficient (Wildman–Crippen LogP) is -0.235. The molecule has 0 saturated carbocycles. The molecule has 2 aromatic heterocycles. The fourth-order valence-corrected chi connectivity index (χ4v) is 1.29. The molecule has 0 spiro atoms. The van der Waals surface area contributed by atoms with Crippen LogP contribution in [-0.4, -0.2) is 37.8 Å². The second-order valence-electron chi connectivity index (χ2n) is 3.27. The van der Waals surface area contributed by atoms with E-state index in [-0.39, 0.29) is 12.6 Å². The van der Waals surface area contributed by atoms with Gasteiger partial charge in [-0.1, -0.05) is 0 Å². The predicted molar refractivity (Wildman–Crippen MR) is 57.4 cm³/mol. The number of ether oxygens (including phenoxy) is 1. The molecule has 0 aliphatic rings. The van der Waals surface area contributed by atoms with Crippen molar-refractivity contribution in [1.82, 2.24) is 19.5 Å². The van der Waals surface area contributed by atoms with Crippen LogP contribution in [0.15, 0.2) is 12.5 Å². The molecule has 0 atom stereocenters. The maximum atomic E-state index is 8.60. The van der Waals surface area contributed by atoms with Crippen molar-refractivity contribution in [2.75, 3.05) is 18.9 Å². The molecule has 0 unspecified atom stereocenters. The third-order valence-electron chi connectivity index (χ3n) is 2.05. The van der Waals surface area contributed by atoms with Crippen molar-refractivity contribution in [1.29, 1.82) is 0 Å². The summed E-state index contributed by atoms with van der Waals surface area (Å²) < 4.78 is 7.07. The van der Waals surface area contributed by atoms with Crippen LogP contribution in [0.25, 0.3) is 11.2 Å². The summed E-state index contributed by atoms with van der Waals surface area (Å²) in [7, 11) is 0. The number of hydrogen-bond donors (Lipinski definition) is 2. The lowest BCUT2D eigenvalue weighted by atomic mass is 10.5. The normalized spacial score (nSPS) is 11.1. The van der Waals surface area contributed by atoms with Gasteiger partial charge in [0.25, 0.3) is 0 Å². The van der Waals surface area contributed by atoms with Crippen LogP contribution in [0.5, 0.6) is 0 Å². The van der Waals surface area contributed by atoms with Crippen LogP contribution < -0.4 is 5.73 Å². The number of anilines is 1. The highest BCUT2D eigenvalue weighted by Gasteiger charge is 2.04. The van der Waals surface area contributed by atoms with Gasteiger partial charge in [0.05, 0.1) is 19.1 Å². The van der Waals surface area contributed by atoms with E-state index < -0.39 is 0 Å². The molecule has 2 heterocycles. The van der Waals surface area contributed by atoms with E-state index in [1.807, 2.05) is 0 Å². The average molecular weight is 223 g/mol. The van der Waals surface area contributed by atoms with Crippen LogP contribution in [-0.2, 0) is 11.5 Å². The first-order chi connectivity index (χ1) is 7.81. The summed E-state index contributed by atoms with van der Waals surface area (Å²) in [5, 5.41) is 8.60. The van der Waals surface area contributed by atoms with Crippen LogP contribution in [0.3, 0.4) is 0 Å². The topological polar surface area (TPSA) is 99.1 Å². The molecule has 86 valence electrons. The Balaban J connectivity index is 2.09. The Labute approximate surface area is 91.9 Å². The van der Waals surface area contributed by atoms with Crippen molar-refractivity contribution in [3.63, 3.8) is 0 Å². The van der Waals surface area contributed by atoms with Crippen molar-refractivity contribution >= 4 is 17.1 Å². The monoisotopic (exact) mass is 223 g/mol. The summed E-state index contributed by atoms with van der Waals surface area (Å²) in [6.07, 6.45) is 3.81. The number of imidazole rings is 1. The van der Waals surface area contributed by atoms with E-state index >= 15 is 0 Å². The molecule has 0 amide bonds. The maximum Gasteiger partial charge on any atom is 0.222 e. The molecule has 16 heavy (non-hydrogen) atoms. The number of hydrogen-bond acceptors (Lipinski definition) is 6. The fourth-order valence-electron chi connectivity index (χ4n) is 1.29. The number of nitrogens with zero attached hydrogens (tertiary/aromatic N) is 4. The van der Waals surface area contributed by atoms with Crippen LogP contribution in [0, 0.1) is 0 Å². The van der Waals surface area contributed by atoms with Gasteiger partial charge in [0.2, 0.25) is 5.95 Å². The van der Waals surface area contributed by atoms with Crippen LogP contribution in [0.2, 0.25) is 0 Å². The van der Waals surface area contributed by atoms with E-state index in [9.17, 15) is 0 Å². The number of fused-ring (bicyclic) bond motifs is 1. The minimum absolute atomic E-state index is 0.125. The lowest BCUT2D eigenvalue weighted by Gasteiger charge is -2.04. The Kier molecular flexibility index (Phi) is 3.28. The van der Waals surface area contributed by atoms with Crippen molar-refractivity contribution in [3.05, 3.63) is 12.5 Å². The first kappa shape index (κ1) is 10.8. The zero-order chi connectivity index (χ0) is 11.4. The molecule has 7 heteroatoms. The highest BCUT2D eigenvalue weighted by atomic mass is 16.5. The molecule has 0 saturated heterocycles. The molecule has 0 aromatic carbocycles. The van der Waals surface area contributed by atoms with E-state index in [0.717, 1.165) is 0 Å². The zero-order valence-electron chi connectivity index (χ0n) is 8.70. The molecule has 0 radical (unpaired) electrons. The Morgan fingerprint density at radius 3 is 3.12 bits per heavy atom. The molecular formula is C9H13N5O2. The smallest absolute Gasteiger partial charge is 0.222 e. The maximum absolute atomic E-state index is 8.60. The number of nitrogen functional groups attached to an aromatic ring is 1. The number of rotatable bonds is 5. The third-order valence-corrected chi connectivity index (χ3v) is 2.05. The highest BCUT2D eigenvalue weighted by molar-refractivity contribution is 5.70. The number of aromatic nitrogens is 4. The van der Waals surface area contributed by atoms with Crippen molar-refractivity contribution in [2.45, 2.75) is 13.2 Å². The molecule has 7 nitrogen and oxygen atoms in total. The SMILES string of the molecule is Nc1ncc2ncn(COCCCO)c2n1. The Morgan fingerprint density at radius 1 is 1.44 bits per heavy atom. The second kappa shape index (κ2) is 4.86. The largest absolute Gasteiger partial charge is 0.396 e. The van der Waals surface area contributed by atoms with Gasteiger partial charge in [-0.05, 0) is 6.42 Å². The van der Waals surface area contributed by atoms with Gasteiger partial charge >= 0.3 is 0 Å². The summed E-state index contributed by atoms with van der Waals surface area (Å²) in [5.41, 5.74) is 6.82. The molecule has 2 rings (SSSR count). The van der Waals surface area contributed by atoms with E-state index in [2.05, 4.69) is 15.0 Å². The Morgan fingerprint density at radius 2 is 2.31 bits per heavy atom. The summed E-state index contributed by atoms with van der Waals surface area (Å²) in [4.78, 5) is 12.0. The van der Waals surface area contributed by atoms with Gasteiger partial charge in [-0.25, -0.2) is 9.97 Å². The zero-order valence-corrected chi connectivity index (χ0v) is 8.70. The first-order valence-electron chi connectivity index (χ1n) is 4.93. The van der Waals surface area contributed by atoms with Crippen LogP contribution >= 0.6 is 0 Å². The van der Waals surface area contributed by atoms with E-state index in [0.29, 0.717) is 30.9 Å². The van der Waals surface area contributed by atoms with E-state index in [1.165, 1.54) is 0 Å². The molecule has 0 aliphatic heterocycles. The minimum atomic E-state index is 0.125. The second-order valence-corrected chi connectivity index (χ2v) is 3.27. The van der Waals surface area contributed by atoms with Gasteiger partial charge in [-0.2, -0.15) is 4.98 Å². The van der Waals surface area contributed by atoms with E-state index in [4.69, 9.17) is 15.6 Å². The van der Waals surface area contributed by atoms with Gasteiger partial charge in [0.1, 0.15) is 12.2 Å². The standard InChI is InChI=1S/C9H13N5O2/c10-9-11-4-7-8(13-9)14(5-12-7)6-16-3-1-2-15/h4-5,15H,1-3,6H2,(H2,10,11,13). The molecule has 2 aromatic rings. The summed E-state index contributed by atoms with van der Waals surface area (Å²) in [6.45, 7) is 0.962. The van der Waals surface area contributed by atoms with Gasteiger partial charge in [-0.3, -0.25) is 4.57 Å². The third kappa shape index (κ3) is 2.26. The van der Waals surface area contributed by atoms with Crippen LogP contribution in [0.4, 0.5) is 5.95 Å². The van der Waals surface area contributed by atoms with Crippen molar-refractivity contribution < 1.29 is 9.84 Å². The quantitative estimate of drug-likeness (QED) is 0.679. The molecule has 0 aliphatic carbocycles. The van der Waals surface area contributed by atoms with Gasteiger partial charge in [0, 0.05) is 6.61 Å². The number of aliphatic hydroxyl groups is 1. The van der Waals surface area contributed by atoms with Crippen molar-refractivity contribution in [3.8, 4) is 0 Å². The summed E-state index contributed by atoms with van der Waals surface area (Å²) in [5.74, 6) is 0.213. The van der Waals surface area contributed by atoms with Crippen molar-refractivity contribution in [2.24, 2.45) is 0 Å². The number of nitrogens with two attached hydrogens (primary N) is 1. The lowest BCUT2D eigenvalue weighted by Crippen LogP contribution is -2.05. The lowest BCUT2D eigenvalue weighted by molar-refractivity contribution is 0.0677. The minimum Gasteiger partial charge on any atom is -0.396 e. The van der Waals surface area contributed by atoms with Gasteiger partial charge in [0.15, 0.2) is 5.65 Å². The molecule has 0 bridgehead atoms.